The molecule has 5 heteroatoms. The Bertz CT molecular complexity index is 316. The molecule has 0 N–H and O–H groups in total. The van der Waals surface area contributed by atoms with Gasteiger partial charge in [-0.15, -0.1) is 0 Å². The van der Waals surface area contributed by atoms with E-state index >= 15 is 0 Å². The summed E-state index contributed by atoms with van der Waals surface area (Å²) in [6.45, 7) is 3.59. The molecule has 92 valence electrons. The van der Waals surface area contributed by atoms with Gasteiger partial charge in [0.1, 0.15) is 0 Å². The molecule has 0 rings (SSSR count). The van der Waals surface area contributed by atoms with E-state index in [-0.39, 0.29) is 0 Å². The molecule has 0 aliphatic heterocycles. The third kappa shape index (κ3) is 10.1. The highest BCUT2D eigenvalue weighted by Crippen LogP contribution is 1.89. The summed E-state index contributed by atoms with van der Waals surface area (Å²) in [5, 5.41) is 3.97. The SMILES string of the molecule is C/C=C/C=C/C(=O)OOOC(=O)/C=C/C=C/C. The van der Waals surface area contributed by atoms with Crippen molar-refractivity contribution >= 4 is 11.9 Å². The van der Waals surface area contributed by atoms with Gasteiger partial charge in [-0.3, -0.25) is 9.78 Å². The van der Waals surface area contributed by atoms with Crippen molar-refractivity contribution in [2.45, 2.75) is 13.8 Å². The molecule has 0 amide bonds. The predicted molar refractivity (Wildman–Crippen MR) is 61.2 cm³/mol. The molecule has 5 nitrogen and oxygen atoms in total. The van der Waals surface area contributed by atoms with Crippen LogP contribution in [0.2, 0.25) is 0 Å². The average Bonchev–Trinajstić information content (AvgIpc) is 2.30. The Morgan fingerprint density at radius 1 is 0.765 bits per heavy atom. The monoisotopic (exact) mass is 238 g/mol. The number of rotatable bonds is 6. The smallest absolute Gasteiger partial charge is 0.255 e. The quantitative estimate of drug-likeness (QED) is 0.307. The highest BCUT2D eigenvalue weighted by molar-refractivity contribution is 5.82. The van der Waals surface area contributed by atoms with E-state index in [0.717, 1.165) is 12.2 Å². The van der Waals surface area contributed by atoms with Gasteiger partial charge in [0, 0.05) is 17.2 Å². The van der Waals surface area contributed by atoms with E-state index in [9.17, 15) is 9.59 Å². The molecule has 0 radical (unpaired) electrons. The van der Waals surface area contributed by atoms with Gasteiger partial charge in [0.05, 0.1) is 0 Å². The molecule has 0 atom stereocenters. The van der Waals surface area contributed by atoms with Crippen LogP contribution in [0.4, 0.5) is 0 Å². The lowest BCUT2D eigenvalue weighted by Gasteiger charge is -1.96. The van der Waals surface area contributed by atoms with Gasteiger partial charge >= 0.3 is 11.9 Å². The van der Waals surface area contributed by atoms with Crippen LogP contribution < -0.4 is 0 Å². The summed E-state index contributed by atoms with van der Waals surface area (Å²) < 4.78 is 0. The van der Waals surface area contributed by atoms with Gasteiger partial charge < -0.3 is 0 Å². The zero-order valence-corrected chi connectivity index (χ0v) is 9.66. The molecule has 0 aromatic rings. The van der Waals surface area contributed by atoms with E-state index in [0.29, 0.717) is 0 Å². The van der Waals surface area contributed by atoms with Crippen LogP contribution in [0.5, 0.6) is 0 Å². The lowest BCUT2D eigenvalue weighted by atomic mass is 10.4. The van der Waals surface area contributed by atoms with Gasteiger partial charge in [0.2, 0.25) is 0 Å². The highest BCUT2D eigenvalue weighted by atomic mass is 17.5. The van der Waals surface area contributed by atoms with Crippen LogP contribution in [-0.4, -0.2) is 11.9 Å². The zero-order valence-electron chi connectivity index (χ0n) is 9.66. The third-order valence-corrected chi connectivity index (χ3v) is 1.30. The molecule has 0 unspecified atom stereocenters. The zero-order chi connectivity index (χ0) is 12.9. The molecule has 0 saturated carbocycles. The summed E-state index contributed by atoms with van der Waals surface area (Å²) in [5.74, 6) is -1.57. The Hall–Kier alpha value is -2.14. The molecule has 0 bridgehead atoms. The molecular formula is C12H14O5. The van der Waals surface area contributed by atoms with E-state index in [1.807, 2.05) is 0 Å². The summed E-state index contributed by atoms with van der Waals surface area (Å²) in [6, 6.07) is 0. The first kappa shape index (κ1) is 14.9. The number of hydrogen-bond acceptors (Lipinski definition) is 5. The first-order valence-corrected chi connectivity index (χ1v) is 4.88. The summed E-state index contributed by atoms with van der Waals surface area (Å²) >= 11 is 0. The fourth-order valence-electron chi connectivity index (χ4n) is 0.630. The van der Waals surface area contributed by atoms with Crippen molar-refractivity contribution in [3.8, 4) is 0 Å². The van der Waals surface area contributed by atoms with Gasteiger partial charge in [-0.1, -0.05) is 36.5 Å². The summed E-state index contributed by atoms with van der Waals surface area (Å²) in [4.78, 5) is 30.0. The summed E-state index contributed by atoms with van der Waals surface area (Å²) in [5.41, 5.74) is 0. The second kappa shape index (κ2) is 10.4. The van der Waals surface area contributed by atoms with Crippen molar-refractivity contribution in [1.29, 1.82) is 0 Å². The minimum absolute atomic E-state index is 0.784. The molecule has 0 saturated heterocycles. The minimum Gasteiger partial charge on any atom is -0.255 e. The summed E-state index contributed by atoms with van der Waals surface area (Å²) in [7, 11) is 0. The lowest BCUT2D eigenvalue weighted by Crippen LogP contribution is -2.06. The second-order valence-corrected chi connectivity index (χ2v) is 2.64. The maximum Gasteiger partial charge on any atom is 0.370 e. The fourth-order valence-corrected chi connectivity index (χ4v) is 0.630. The number of carbonyl (C=O) groups excluding carboxylic acids is 2. The molecule has 0 aromatic carbocycles. The van der Waals surface area contributed by atoms with Crippen molar-refractivity contribution < 1.29 is 24.4 Å². The summed E-state index contributed by atoms with van der Waals surface area (Å²) in [6.07, 6.45) is 11.9. The minimum atomic E-state index is -0.784. The van der Waals surface area contributed by atoms with E-state index in [1.165, 1.54) is 12.2 Å². The van der Waals surface area contributed by atoms with Crippen LogP contribution in [0, 0.1) is 0 Å². The van der Waals surface area contributed by atoms with Gasteiger partial charge in [0.15, 0.2) is 0 Å². The largest absolute Gasteiger partial charge is 0.370 e. The van der Waals surface area contributed by atoms with E-state index in [4.69, 9.17) is 0 Å². The van der Waals surface area contributed by atoms with E-state index < -0.39 is 11.9 Å². The van der Waals surface area contributed by atoms with E-state index in [2.05, 4.69) is 14.8 Å². The maximum atomic E-state index is 10.9. The first-order chi connectivity index (χ1) is 8.20. The number of carbonyl (C=O) groups is 2. The number of hydrogen-bond donors (Lipinski definition) is 0. The van der Waals surface area contributed by atoms with Crippen LogP contribution in [0.15, 0.2) is 48.6 Å². The standard InChI is InChI=1S/C12H14O5/c1-3-5-7-9-11(13)15-17-16-12(14)10-8-6-4-2/h3-10H,1-2H3/b5-3+,6-4+,9-7+,10-8+. The van der Waals surface area contributed by atoms with Crippen molar-refractivity contribution in [3.05, 3.63) is 48.6 Å². The van der Waals surface area contributed by atoms with Crippen molar-refractivity contribution in [2.75, 3.05) is 0 Å². The van der Waals surface area contributed by atoms with Crippen molar-refractivity contribution in [2.24, 2.45) is 0 Å². The third-order valence-electron chi connectivity index (χ3n) is 1.30. The predicted octanol–water partition coefficient (Wildman–Crippen LogP) is 2.18. The molecule has 0 spiro atoms. The van der Waals surface area contributed by atoms with Crippen LogP contribution in [0.1, 0.15) is 13.8 Å². The Morgan fingerprint density at radius 2 is 1.18 bits per heavy atom. The lowest BCUT2D eigenvalue weighted by molar-refractivity contribution is -0.455. The molecular weight excluding hydrogens is 224 g/mol. The Labute approximate surface area is 99.5 Å². The molecule has 17 heavy (non-hydrogen) atoms. The molecule has 0 heterocycles. The topological polar surface area (TPSA) is 61.8 Å². The fraction of sp³-hybridized carbons (Fsp3) is 0.167. The van der Waals surface area contributed by atoms with Crippen LogP contribution in [-0.2, 0) is 24.4 Å². The van der Waals surface area contributed by atoms with Gasteiger partial charge in [-0.05, 0) is 13.8 Å². The second-order valence-electron chi connectivity index (χ2n) is 2.64. The maximum absolute atomic E-state index is 10.9. The van der Waals surface area contributed by atoms with Crippen LogP contribution >= 0.6 is 0 Å². The normalized spacial score (nSPS) is 11.9. The Morgan fingerprint density at radius 3 is 1.53 bits per heavy atom. The first-order valence-electron chi connectivity index (χ1n) is 4.88. The van der Waals surface area contributed by atoms with E-state index in [1.54, 1.807) is 38.2 Å². The van der Waals surface area contributed by atoms with Gasteiger partial charge in [-0.25, -0.2) is 9.59 Å². The molecule has 0 aliphatic rings. The molecule has 0 aliphatic carbocycles. The van der Waals surface area contributed by atoms with Crippen LogP contribution in [0.3, 0.4) is 0 Å². The highest BCUT2D eigenvalue weighted by Gasteiger charge is 2.01. The van der Waals surface area contributed by atoms with Gasteiger partial charge in [0.25, 0.3) is 0 Å². The van der Waals surface area contributed by atoms with Crippen molar-refractivity contribution in [1.82, 2.24) is 0 Å². The Kier molecular flexibility index (Phi) is 9.07. The average molecular weight is 238 g/mol. The molecule has 0 fully saturated rings. The van der Waals surface area contributed by atoms with Gasteiger partial charge in [-0.2, -0.15) is 0 Å². The molecule has 0 aromatic heterocycles. The number of allylic oxidation sites excluding steroid dienone is 6. The van der Waals surface area contributed by atoms with Crippen molar-refractivity contribution in [3.63, 3.8) is 0 Å². The Balaban J connectivity index is 3.76. The van der Waals surface area contributed by atoms with Crippen LogP contribution in [0.25, 0.3) is 0 Å².